The zero-order chi connectivity index (χ0) is 11.3. The van der Waals surface area contributed by atoms with Gasteiger partial charge in [0.05, 0.1) is 11.6 Å². The number of nitrogens with one attached hydrogen (secondary N) is 1. The lowest BCUT2D eigenvalue weighted by Gasteiger charge is -2.23. The molecule has 0 aliphatic heterocycles. The van der Waals surface area contributed by atoms with Crippen LogP contribution in [-0.2, 0) is 0 Å². The van der Waals surface area contributed by atoms with Crippen LogP contribution in [0.5, 0.6) is 0 Å². The van der Waals surface area contributed by atoms with Crippen molar-refractivity contribution in [2.45, 2.75) is 13.8 Å². The van der Waals surface area contributed by atoms with Gasteiger partial charge in [-0.3, -0.25) is 0 Å². The Labute approximate surface area is 90.9 Å². The van der Waals surface area contributed by atoms with E-state index in [4.69, 9.17) is 11.0 Å². The molecule has 3 N–H and O–H groups in total. The van der Waals surface area contributed by atoms with Gasteiger partial charge in [0.2, 0.25) is 0 Å². The van der Waals surface area contributed by atoms with Gasteiger partial charge < -0.3 is 11.1 Å². The second-order valence-electron chi connectivity index (χ2n) is 4.41. The average Bonchev–Trinajstić information content (AvgIpc) is 2.27. The summed E-state index contributed by atoms with van der Waals surface area (Å²) in [5.41, 5.74) is 7.35. The standard InChI is InChI=1S/C12H17N3/c1-12(2,8-14)9-15-11-5-3-4-10(6-11)7-13/h3-6,15H,8-9,14H2,1-2H3. The molecule has 0 aliphatic carbocycles. The van der Waals surface area contributed by atoms with Crippen molar-refractivity contribution in [2.24, 2.45) is 11.1 Å². The van der Waals surface area contributed by atoms with Gasteiger partial charge >= 0.3 is 0 Å². The summed E-state index contributed by atoms with van der Waals surface area (Å²) in [6.07, 6.45) is 0. The number of anilines is 1. The zero-order valence-corrected chi connectivity index (χ0v) is 9.25. The van der Waals surface area contributed by atoms with E-state index in [1.165, 1.54) is 0 Å². The van der Waals surface area contributed by atoms with Gasteiger partial charge in [0, 0.05) is 12.2 Å². The van der Waals surface area contributed by atoms with Gasteiger partial charge in [-0.15, -0.1) is 0 Å². The third-order valence-electron chi connectivity index (χ3n) is 2.32. The van der Waals surface area contributed by atoms with Gasteiger partial charge in [-0.1, -0.05) is 19.9 Å². The molecule has 0 radical (unpaired) electrons. The van der Waals surface area contributed by atoms with Crippen LogP contribution in [0.3, 0.4) is 0 Å². The highest BCUT2D eigenvalue weighted by Crippen LogP contribution is 2.15. The summed E-state index contributed by atoms with van der Waals surface area (Å²) in [5.74, 6) is 0. The van der Waals surface area contributed by atoms with Crippen LogP contribution in [0.15, 0.2) is 24.3 Å². The van der Waals surface area contributed by atoms with E-state index in [1.807, 2.05) is 18.2 Å². The molecule has 0 amide bonds. The van der Waals surface area contributed by atoms with E-state index >= 15 is 0 Å². The SMILES string of the molecule is CC(C)(CN)CNc1cccc(C#N)c1. The zero-order valence-electron chi connectivity index (χ0n) is 9.25. The van der Waals surface area contributed by atoms with Crippen molar-refractivity contribution >= 4 is 5.69 Å². The van der Waals surface area contributed by atoms with Crippen LogP contribution in [0.4, 0.5) is 5.69 Å². The van der Waals surface area contributed by atoms with Crippen molar-refractivity contribution in [3.63, 3.8) is 0 Å². The molecule has 0 fully saturated rings. The van der Waals surface area contributed by atoms with Gasteiger partial charge in [-0.05, 0) is 30.2 Å². The molecule has 0 atom stereocenters. The van der Waals surface area contributed by atoms with Crippen molar-refractivity contribution in [2.75, 3.05) is 18.4 Å². The maximum absolute atomic E-state index is 8.74. The fourth-order valence-electron chi connectivity index (χ4n) is 1.11. The van der Waals surface area contributed by atoms with Crippen molar-refractivity contribution in [3.8, 4) is 6.07 Å². The Morgan fingerprint density at radius 3 is 2.80 bits per heavy atom. The summed E-state index contributed by atoms with van der Waals surface area (Å²) in [6, 6.07) is 9.57. The Morgan fingerprint density at radius 1 is 1.47 bits per heavy atom. The lowest BCUT2D eigenvalue weighted by Crippen LogP contribution is -2.31. The van der Waals surface area contributed by atoms with E-state index < -0.39 is 0 Å². The largest absolute Gasteiger partial charge is 0.384 e. The Hall–Kier alpha value is -1.53. The fraction of sp³-hybridized carbons (Fsp3) is 0.417. The van der Waals surface area contributed by atoms with Gasteiger partial charge in [0.1, 0.15) is 0 Å². The summed E-state index contributed by atoms with van der Waals surface area (Å²) in [4.78, 5) is 0. The molecular formula is C12H17N3. The fourth-order valence-corrected chi connectivity index (χ4v) is 1.11. The molecule has 0 saturated carbocycles. The molecule has 0 bridgehead atoms. The third kappa shape index (κ3) is 3.61. The maximum Gasteiger partial charge on any atom is 0.0992 e. The van der Waals surface area contributed by atoms with Crippen LogP contribution in [0.1, 0.15) is 19.4 Å². The van der Waals surface area contributed by atoms with E-state index in [-0.39, 0.29) is 5.41 Å². The van der Waals surface area contributed by atoms with Crippen LogP contribution < -0.4 is 11.1 Å². The highest BCUT2D eigenvalue weighted by molar-refractivity contribution is 5.49. The summed E-state index contributed by atoms with van der Waals surface area (Å²) < 4.78 is 0. The molecule has 0 unspecified atom stereocenters. The van der Waals surface area contributed by atoms with Crippen molar-refractivity contribution in [1.82, 2.24) is 0 Å². The summed E-state index contributed by atoms with van der Waals surface area (Å²) in [5, 5.41) is 12.0. The van der Waals surface area contributed by atoms with Crippen LogP contribution in [0.2, 0.25) is 0 Å². The topological polar surface area (TPSA) is 61.8 Å². The lowest BCUT2D eigenvalue weighted by atomic mass is 9.94. The molecule has 1 aromatic rings. The van der Waals surface area contributed by atoms with Crippen molar-refractivity contribution in [3.05, 3.63) is 29.8 Å². The Bertz CT molecular complexity index is 363. The molecule has 1 rings (SSSR count). The predicted molar refractivity (Wildman–Crippen MR) is 62.5 cm³/mol. The minimum atomic E-state index is 0.0721. The van der Waals surface area contributed by atoms with E-state index in [0.29, 0.717) is 12.1 Å². The molecule has 0 heterocycles. The van der Waals surface area contributed by atoms with Crippen LogP contribution >= 0.6 is 0 Å². The first-order chi connectivity index (χ1) is 7.07. The van der Waals surface area contributed by atoms with E-state index in [0.717, 1.165) is 12.2 Å². The van der Waals surface area contributed by atoms with Crippen molar-refractivity contribution in [1.29, 1.82) is 5.26 Å². The van der Waals surface area contributed by atoms with E-state index in [9.17, 15) is 0 Å². The van der Waals surface area contributed by atoms with Crippen molar-refractivity contribution < 1.29 is 0 Å². The van der Waals surface area contributed by atoms with Crippen LogP contribution in [0.25, 0.3) is 0 Å². The highest BCUT2D eigenvalue weighted by atomic mass is 14.9. The summed E-state index contributed by atoms with van der Waals surface area (Å²) in [6.45, 7) is 5.65. The molecule has 0 aliphatic rings. The van der Waals surface area contributed by atoms with Gasteiger partial charge in [0.25, 0.3) is 0 Å². The van der Waals surface area contributed by atoms with Gasteiger partial charge in [-0.2, -0.15) is 5.26 Å². The van der Waals surface area contributed by atoms with Crippen LogP contribution in [0, 0.1) is 16.7 Å². The molecule has 0 spiro atoms. The number of benzene rings is 1. The minimum Gasteiger partial charge on any atom is -0.384 e. The number of rotatable bonds is 4. The normalized spacial score (nSPS) is 10.8. The Morgan fingerprint density at radius 2 is 2.20 bits per heavy atom. The quantitative estimate of drug-likeness (QED) is 0.786. The number of nitriles is 1. The van der Waals surface area contributed by atoms with Gasteiger partial charge in [0.15, 0.2) is 0 Å². The maximum atomic E-state index is 8.74. The smallest absolute Gasteiger partial charge is 0.0992 e. The number of hydrogen-bond acceptors (Lipinski definition) is 3. The number of nitrogens with two attached hydrogens (primary N) is 1. The molecular weight excluding hydrogens is 186 g/mol. The lowest BCUT2D eigenvalue weighted by molar-refractivity contribution is 0.405. The first-order valence-corrected chi connectivity index (χ1v) is 5.01. The average molecular weight is 203 g/mol. The summed E-state index contributed by atoms with van der Waals surface area (Å²) >= 11 is 0. The molecule has 0 aromatic heterocycles. The third-order valence-corrected chi connectivity index (χ3v) is 2.32. The van der Waals surface area contributed by atoms with E-state index in [2.05, 4.69) is 25.2 Å². The van der Waals surface area contributed by atoms with Gasteiger partial charge in [-0.25, -0.2) is 0 Å². The molecule has 3 heteroatoms. The Kier molecular flexibility index (Phi) is 3.70. The second kappa shape index (κ2) is 4.81. The number of nitrogens with zero attached hydrogens (tertiary/aromatic N) is 1. The first-order valence-electron chi connectivity index (χ1n) is 5.01. The predicted octanol–water partition coefficient (Wildman–Crippen LogP) is 1.96. The molecule has 80 valence electrons. The molecule has 1 aromatic carbocycles. The monoisotopic (exact) mass is 203 g/mol. The minimum absolute atomic E-state index is 0.0721. The number of hydrogen-bond donors (Lipinski definition) is 2. The van der Waals surface area contributed by atoms with Crippen LogP contribution in [-0.4, -0.2) is 13.1 Å². The highest BCUT2D eigenvalue weighted by Gasteiger charge is 2.14. The molecule has 15 heavy (non-hydrogen) atoms. The molecule has 3 nitrogen and oxygen atoms in total. The first kappa shape index (κ1) is 11.5. The molecule has 0 saturated heterocycles. The summed E-state index contributed by atoms with van der Waals surface area (Å²) in [7, 11) is 0. The second-order valence-corrected chi connectivity index (χ2v) is 4.41. The van der Waals surface area contributed by atoms with E-state index in [1.54, 1.807) is 6.07 Å². The Balaban J connectivity index is 2.62.